The van der Waals surface area contributed by atoms with Gasteiger partial charge in [-0.15, -0.1) is 0 Å². The van der Waals surface area contributed by atoms with Crippen LogP contribution in [0, 0.1) is 0 Å². The Labute approximate surface area is 79.5 Å². The number of aromatic nitrogens is 1. The minimum atomic E-state index is -0.656. The Morgan fingerprint density at radius 3 is 2.54 bits per heavy atom. The molecule has 0 bridgehead atoms. The second-order valence-electron chi connectivity index (χ2n) is 2.20. The van der Waals surface area contributed by atoms with E-state index in [-0.39, 0.29) is 11.3 Å². The van der Waals surface area contributed by atoms with E-state index in [1.54, 1.807) is 0 Å². The number of carbonyl (C=O) groups is 2. The third-order valence-electron chi connectivity index (χ3n) is 1.39. The first-order valence-corrected chi connectivity index (χ1v) is 3.77. The number of nitrogens with zero attached hydrogens (tertiary/aromatic N) is 1. The normalized spacial score (nSPS) is 9.38. The average Bonchev–Trinajstić information content (AvgIpc) is 2.17. The molecule has 13 heavy (non-hydrogen) atoms. The molecule has 4 nitrogen and oxygen atoms in total. The molecular weight excluding hydrogens is 194 g/mol. The number of esters is 1. The van der Waals surface area contributed by atoms with Crippen molar-refractivity contribution in [3.8, 4) is 0 Å². The van der Waals surface area contributed by atoms with Gasteiger partial charge in [0.05, 0.1) is 12.7 Å². The predicted octanol–water partition coefficient (Wildman–Crippen LogP) is 1.25. The summed E-state index contributed by atoms with van der Waals surface area (Å²) >= 11 is 5.15. The molecule has 0 spiro atoms. The van der Waals surface area contributed by atoms with Crippen molar-refractivity contribution < 1.29 is 14.3 Å². The molecule has 1 rings (SSSR count). The number of hydrogen-bond acceptors (Lipinski definition) is 4. The van der Waals surface area contributed by atoms with Crippen LogP contribution in [0.1, 0.15) is 20.8 Å². The van der Waals surface area contributed by atoms with Gasteiger partial charge in [-0.3, -0.25) is 9.78 Å². The van der Waals surface area contributed by atoms with E-state index < -0.39 is 11.2 Å². The van der Waals surface area contributed by atoms with Gasteiger partial charge in [0.1, 0.15) is 5.69 Å². The highest BCUT2D eigenvalue weighted by Crippen LogP contribution is 2.03. The fourth-order valence-electron chi connectivity index (χ4n) is 0.749. The molecule has 5 heteroatoms. The van der Waals surface area contributed by atoms with Gasteiger partial charge in [0.25, 0.3) is 5.24 Å². The molecular formula is C8H6ClNO3. The summed E-state index contributed by atoms with van der Waals surface area (Å²) in [4.78, 5) is 25.2. The molecule has 0 aliphatic rings. The topological polar surface area (TPSA) is 56.3 Å². The summed E-state index contributed by atoms with van der Waals surface area (Å²) in [7, 11) is 1.27. The zero-order chi connectivity index (χ0) is 9.84. The van der Waals surface area contributed by atoms with E-state index >= 15 is 0 Å². The van der Waals surface area contributed by atoms with Crippen molar-refractivity contribution in [3.63, 3.8) is 0 Å². The molecule has 1 heterocycles. The maximum absolute atomic E-state index is 10.9. The zero-order valence-electron chi connectivity index (χ0n) is 6.78. The number of rotatable bonds is 2. The molecule has 0 aliphatic heterocycles. The van der Waals surface area contributed by atoms with Crippen molar-refractivity contribution >= 4 is 22.8 Å². The summed E-state index contributed by atoms with van der Waals surface area (Å²) in [6.45, 7) is 0. The van der Waals surface area contributed by atoms with Crippen LogP contribution in [0.25, 0.3) is 0 Å². The summed E-state index contributed by atoms with van der Waals surface area (Å²) in [6.07, 6.45) is 1.24. The standard InChI is InChI=1S/C8H6ClNO3/c1-13-8(12)5-2-3-6(7(9)11)10-4-5/h2-4H,1H3. The van der Waals surface area contributed by atoms with Gasteiger partial charge in [-0.1, -0.05) is 0 Å². The van der Waals surface area contributed by atoms with Gasteiger partial charge in [0, 0.05) is 6.20 Å². The molecule has 0 fully saturated rings. The second-order valence-corrected chi connectivity index (χ2v) is 2.54. The summed E-state index contributed by atoms with van der Waals surface area (Å²) in [5.41, 5.74) is 0.387. The monoisotopic (exact) mass is 199 g/mol. The van der Waals surface area contributed by atoms with Gasteiger partial charge >= 0.3 is 5.97 Å². The van der Waals surface area contributed by atoms with Gasteiger partial charge in [0.2, 0.25) is 0 Å². The Bertz CT molecular complexity index is 334. The molecule has 0 N–H and O–H groups in total. The van der Waals surface area contributed by atoms with E-state index in [1.807, 2.05) is 0 Å². The van der Waals surface area contributed by atoms with E-state index in [9.17, 15) is 9.59 Å². The SMILES string of the molecule is COC(=O)c1ccc(C(=O)Cl)nc1. The van der Waals surface area contributed by atoms with Crippen LogP contribution >= 0.6 is 11.6 Å². The molecule has 0 amide bonds. The lowest BCUT2D eigenvalue weighted by Gasteiger charge is -1.97. The Hall–Kier alpha value is -1.42. The maximum Gasteiger partial charge on any atom is 0.339 e. The van der Waals surface area contributed by atoms with Crippen LogP contribution in [0.4, 0.5) is 0 Å². The highest BCUT2D eigenvalue weighted by molar-refractivity contribution is 6.67. The van der Waals surface area contributed by atoms with Crippen molar-refractivity contribution in [1.29, 1.82) is 0 Å². The van der Waals surface area contributed by atoms with Crippen LogP contribution in [0.3, 0.4) is 0 Å². The minimum absolute atomic E-state index is 0.106. The van der Waals surface area contributed by atoms with E-state index in [1.165, 1.54) is 25.4 Å². The third kappa shape index (κ3) is 2.26. The number of halogens is 1. The predicted molar refractivity (Wildman–Crippen MR) is 45.8 cm³/mol. The quantitative estimate of drug-likeness (QED) is 0.531. The van der Waals surface area contributed by atoms with E-state index in [4.69, 9.17) is 11.6 Å². The number of hydrogen-bond donors (Lipinski definition) is 0. The molecule has 1 aromatic heterocycles. The zero-order valence-corrected chi connectivity index (χ0v) is 7.54. The first-order chi connectivity index (χ1) is 6.15. The highest BCUT2D eigenvalue weighted by atomic mass is 35.5. The Balaban J connectivity index is 2.93. The van der Waals surface area contributed by atoms with Gasteiger partial charge in [-0.25, -0.2) is 4.79 Å². The average molecular weight is 200 g/mol. The Morgan fingerprint density at radius 1 is 1.46 bits per heavy atom. The first kappa shape index (κ1) is 9.67. The summed E-state index contributed by atoms with van der Waals surface area (Å²) in [6, 6.07) is 2.79. The number of carbonyl (C=O) groups excluding carboxylic acids is 2. The molecule has 0 aliphatic carbocycles. The summed E-state index contributed by atoms with van der Waals surface area (Å²) in [5, 5.41) is -0.656. The Kier molecular flexibility index (Phi) is 2.97. The van der Waals surface area contributed by atoms with Crippen LogP contribution in [0.15, 0.2) is 18.3 Å². The van der Waals surface area contributed by atoms with Gasteiger partial charge in [0.15, 0.2) is 0 Å². The number of methoxy groups -OCH3 is 1. The highest BCUT2D eigenvalue weighted by Gasteiger charge is 2.07. The number of ether oxygens (including phenoxy) is 1. The molecule has 0 atom stereocenters. The molecule has 1 aromatic rings. The molecule has 0 saturated heterocycles. The van der Waals surface area contributed by atoms with E-state index in [0.29, 0.717) is 0 Å². The van der Waals surface area contributed by atoms with Gasteiger partial charge in [-0.05, 0) is 23.7 Å². The molecule has 0 radical (unpaired) electrons. The smallest absolute Gasteiger partial charge is 0.339 e. The maximum atomic E-state index is 10.9. The molecule has 68 valence electrons. The van der Waals surface area contributed by atoms with Gasteiger partial charge < -0.3 is 4.74 Å². The van der Waals surface area contributed by atoms with Crippen molar-refractivity contribution in [1.82, 2.24) is 4.98 Å². The largest absolute Gasteiger partial charge is 0.465 e. The van der Waals surface area contributed by atoms with Crippen LogP contribution in [0.2, 0.25) is 0 Å². The van der Waals surface area contributed by atoms with Crippen LogP contribution < -0.4 is 0 Å². The van der Waals surface area contributed by atoms with E-state index in [2.05, 4.69) is 9.72 Å². The lowest BCUT2D eigenvalue weighted by atomic mass is 10.2. The summed E-state index contributed by atoms with van der Waals surface area (Å²) < 4.78 is 4.44. The Morgan fingerprint density at radius 2 is 2.15 bits per heavy atom. The van der Waals surface area contributed by atoms with Crippen LogP contribution in [-0.2, 0) is 4.74 Å². The minimum Gasteiger partial charge on any atom is -0.465 e. The van der Waals surface area contributed by atoms with Crippen LogP contribution in [-0.4, -0.2) is 23.3 Å². The summed E-state index contributed by atoms with van der Waals surface area (Å²) in [5.74, 6) is -0.499. The fourth-order valence-corrected chi connectivity index (χ4v) is 0.861. The van der Waals surface area contributed by atoms with Crippen LogP contribution in [0.5, 0.6) is 0 Å². The second kappa shape index (κ2) is 4.00. The van der Waals surface area contributed by atoms with Gasteiger partial charge in [-0.2, -0.15) is 0 Å². The van der Waals surface area contributed by atoms with Crippen molar-refractivity contribution in [2.45, 2.75) is 0 Å². The van der Waals surface area contributed by atoms with E-state index in [0.717, 1.165) is 0 Å². The van der Waals surface area contributed by atoms with Crippen molar-refractivity contribution in [2.24, 2.45) is 0 Å². The molecule has 0 saturated carbocycles. The first-order valence-electron chi connectivity index (χ1n) is 3.39. The molecule has 0 unspecified atom stereocenters. The van der Waals surface area contributed by atoms with Crippen molar-refractivity contribution in [2.75, 3.05) is 7.11 Å². The molecule has 0 aromatic carbocycles. The van der Waals surface area contributed by atoms with Crippen molar-refractivity contribution in [3.05, 3.63) is 29.6 Å². The fraction of sp³-hybridized carbons (Fsp3) is 0.125. The number of pyridine rings is 1. The lowest BCUT2D eigenvalue weighted by Crippen LogP contribution is -2.03. The third-order valence-corrected chi connectivity index (χ3v) is 1.58. The lowest BCUT2D eigenvalue weighted by molar-refractivity contribution is 0.0600.